The van der Waals surface area contributed by atoms with Crippen LogP contribution in [0.25, 0.3) is 5.70 Å². The van der Waals surface area contributed by atoms with E-state index in [-0.39, 0.29) is 5.56 Å². The molecule has 28 heavy (non-hydrogen) atoms. The molecule has 8 nitrogen and oxygen atoms in total. The smallest absolute Gasteiger partial charge is 0.335 e. The molecule has 2 aliphatic heterocycles. The number of morpholine rings is 1. The molecule has 0 bridgehead atoms. The highest BCUT2D eigenvalue weighted by atomic mass is 16.5. The van der Waals surface area contributed by atoms with Crippen LogP contribution in [0.3, 0.4) is 0 Å². The van der Waals surface area contributed by atoms with Crippen LogP contribution in [0.2, 0.25) is 0 Å². The van der Waals surface area contributed by atoms with Crippen LogP contribution in [0.1, 0.15) is 27.2 Å². The van der Waals surface area contributed by atoms with E-state index in [4.69, 9.17) is 4.74 Å². The zero-order valence-corrected chi connectivity index (χ0v) is 15.7. The molecule has 8 heteroatoms. The molecule has 0 spiro atoms. The van der Waals surface area contributed by atoms with Crippen molar-refractivity contribution >= 4 is 17.4 Å². The Labute approximate surface area is 163 Å². The van der Waals surface area contributed by atoms with Crippen LogP contribution >= 0.6 is 0 Å². The van der Waals surface area contributed by atoms with E-state index < -0.39 is 5.97 Å². The Morgan fingerprint density at radius 1 is 1.25 bits per heavy atom. The van der Waals surface area contributed by atoms with E-state index in [9.17, 15) is 9.90 Å². The van der Waals surface area contributed by atoms with Crippen molar-refractivity contribution in [2.24, 2.45) is 0 Å². The molecule has 1 fully saturated rings. The number of nitrogens with one attached hydrogen (secondary N) is 2. The number of hydrogen-bond acceptors (Lipinski definition) is 7. The summed E-state index contributed by atoms with van der Waals surface area (Å²) in [5.74, 6) is -0.947. The van der Waals surface area contributed by atoms with Crippen LogP contribution in [-0.2, 0) is 11.3 Å². The standard InChI is InChI=1S/C20H23N5O3/c1-14-2-3-15(20(26)27)10-19(14)25-13-18(22-23-25)16-4-5-17(21-11-16)12-24-6-8-28-9-7-24/h2-5,10-11,13,22-23H,6-9,12H2,1H3,(H,26,27). The molecule has 3 heterocycles. The van der Waals surface area contributed by atoms with Crippen LogP contribution in [0.4, 0.5) is 5.69 Å². The lowest BCUT2D eigenvalue weighted by Crippen LogP contribution is -2.36. The average Bonchev–Trinajstić information content (AvgIpc) is 3.19. The molecule has 2 aliphatic rings. The van der Waals surface area contributed by atoms with Crippen LogP contribution < -0.4 is 16.0 Å². The van der Waals surface area contributed by atoms with Gasteiger partial charge in [-0.3, -0.25) is 14.9 Å². The Kier molecular flexibility index (Phi) is 5.25. The molecular formula is C20H23N5O3. The number of nitrogens with zero attached hydrogens (tertiary/aromatic N) is 3. The number of carboxylic acids is 1. The number of aryl methyl sites for hydroxylation is 1. The molecule has 0 aliphatic carbocycles. The second-order valence-corrected chi connectivity index (χ2v) is 6.88. The van der Waals surface area contributed by atoms with Gasteiger partial charge < -0.3 is 15.3 Å². The van der Waals surface area contributed by atoms with Crippen LogP contribution in [0.5, 0.6) is 0 Å². The van der Waals surface area contributed by atoms with Gasteiger partial charge in [0.25, 0.3) is 0 Å². The third kappa shape index (κ3) is 3.99. The Morgan fingerprint density at radius 2 is 2.07 bits per heavy atom. The van der Waals surface area contributed by atoms with Crippen LogP contribution in [0, 0.1) is 6.92 Å². The summed E-state index contributed by atoms with van der Waals surface area (Å²) in [6.07, 6.45) is 3.74. The van der Waals surface area contributed by atoms with Crippen molar-refractivity contribution in [3.05, 3.63) is 65.1 Å². The second kappa shape index (κ2) is 7.97. The molecule has 1 aromatic carbocycles. The minimum absolute atomic E-state index is 0.249. The number of pyridine rings is 1. The lowest BCUT2D eigenvalue weighted by molar-refractivity contribution is 0.0336. The van der Waals surface area contributed by atoms with Gasteiger partial charge >= 0.3 is 5.97 Å². The summed E-state index contributed by atoms with van der Waals surface area (Å²) >= 11 is 0. The maximum Gasteiger partial charge on any atom is 0.335 e. The molecule has 2 aromatic rings. The van der Waals surface area contributed by atoms with Gasteiger partial charge in [-0.2, -0.15) is 0 Å². The summed E-state index contributed by atoms with van der Waals surface area (Å²) in [7, 11) is 0. The van der Waals surface area contributed by atoms with Gasteiger partial charge in [0, 0.05) is 37.6 Å². The Morgan fingerprint density at radius 3 is 2.79 bits per heavy atom. The van der Waals surface area contributed by atoms with E-state index in [2.05, 4.69) is 20.8 Å². The maximum atomic E-state index is 11.3. The monoisotopic (exact) mass is 381 g/mol. The van der Waals surface area contributed by atoms with E-state index in [1.807, 2.05) is 31.5 Å². The van der Waals surface area contributed by atoms with Crippen molar-refractivity contribution in [2.45, 2.75) is 13.5 Å². The Balaban J connectivity index is 1.48. The van der Waals surface area contributed by atoms with Gasteiger partial charge in [-0.1, -0.05) is 6.07 Å². The summed E-state index contributed by atoms with van der Waals surface area (Å²) in [6, 6.07) is 9.12. The third-order valence-electron chi connectivity index (χ3n) is 4.91. The van der Waals surface area contributed by atoms with Gasteiger partial charge in [0.05, 0.1) is 35.9 Å². The largest absolute Gasteiger partial charge is 0.478 e. The first-order valence-electron chi connectivity index (χ1n) is 9.22. The number of aromatic nitrogens is 1. The number of rotatable bonds is 5. The van der Waals surface area contributed by atoms with Crippen molar-refractivity contribution in [1.82, 2.24) is 20.8 Å². The molecule has 1 aromatic heterocycles. The Bertz CT molecular complexity index is 891. The topological polar surface area (TPSA) is 90.0 Å². The fourth-order valence-electron chi connectivity index (χ4n) is 3.26. The summed E-state index contributed by atoms with van der Waals surface area (Å²) < 4.78 is 5.38. The van der Waals surface area contributed by atoms with Gasteiger partial charge in [-0.05, 0) is 36.8 Å². The van der Waals surface area contributed by atoms with Gasteiger partial charge in [0.15, 0.2) is 0 Å². The van der Waals surface area contributed by atoms with E-state index in [0.717, 1.165) is 61.1 Å². The maximum absolute atomic E-state index is 11.3. The van der Waals surface area contributed by atoms with Crippen molar-refractivity contribution in [2.75, 3.05) is 31.3 Å². The SMILES string of the molecule is Cc1ccc(C(=O)O)cc1N1C=C(c2ccc(CN3CCOCC3)nc2)NN1. The molecule has 0 saturated carbocycles. The zero-order chi connectivity index (χ0) is 19.5. The number of ether oxygens (including phenoxy) is 1. The minimum Gasteiger partial charge on any atom is -0.478 e. The summed E-state index contributed by atoms with van der Waals surface area (Å²) in [5, 5.41) is 11.0. The predicted molar refractivity (Wildman–Crippen MR) is 105 cm³/mol. The van der Waals surface area contributed by atoms with E-state index in [0.29, 0.717) is 0 Å². The van der Waals surface area contributed by atoms with Crippen LogP contribution in [-0.4, -0.2) is 47.3 Å². The molecular weight excluding hydrogens is 358 g/mol. The van der Waals surface area contributed by atoms with Gasteiger partial charge in [-0.15, -0.1) is 5.53 Å². The number of hydrazine groups is 2. The third-order valence-corrected chi connectivity index (χ3v) is 4.91. The fraction of sp³-hybridized carbons (Fsp3) is 0.300. The van der Waals surface area contributed by atoms with Crippen molar-refractivity contribution in [3.63, 3.8) is 0 Å². The highest BCUT2D eigenvalue weighted by Crippen LogP contribution is 2.25. The fourth-order valence-corrected chi connectivity index (χ4v) is 3.26. The lowest BCUT2D eigenvalue weighted by atomic mass is 10.1. The number of hydrogen-bond donors (Lipinski definition) is 3. The molecule has 0 radical (unpaired) electrons. The van der Waals surface area contributed by atoms with E-state index in [1.54, 1.807) is 23.2 Å². The van der Waals surface area contributed by atoms with Crippen molar-refractivity contribution in [1.29, 1.82) is 0 Å². The zero-order valence-electron chi connectivity index (χ0n) is 15.7. The highest BCUT2D eigenvalue weighted by molar-refractivity contribution is 5.89. The molecule has 146 valence electrons. The molecule has 0 unspecified atom stereocenters. The molecule has 1 saturated heterocycles. The van der Waals surface area contributed by atoms with Crippen molar-refractivity contribution in [3.8, 4) is 0 Å². The first-order valence-corrected chi connectivity index (χ1v) is 9.22. The number of anilines is 1. The normalized spacial score (nSPS) is 17.3. The minimum atomic E-state index is -0.947. The molecule has 3 N–H and O–H groups in total. The second-order valence-electron chi connectivity index (χ2n) is 6.88. The van der Waals surface area contributed by atoms with Gasteiger partial charge in [0.2, 0.25) is 0 Å². The number of carbonyl (C=O) groups is 1. The van der Waals surface area contributed by atoms with Gasteiger partial charge in [-0.25, -0.2) is 4.79 Å². The quantitative estimate of drug-likeness (QED) is 0.722. The highest BCUT2D eigenvalue weighted by Gasteiger charge is 2.18. The van der Waals surface area contributed by atoms with E-state index >= 15 is 0 Å². The number of benzene rings is 1. The number of aromatic carboxylic acids is 1. The first-order chi connectivity index (χ1) is 13.6. The predicted octanol–water partition coefficient (Wildman–Crippen LogP) is 1.75. The molecule has 4 rings (SSSR count). The van der Waals surface area contributed by atoms with Crippen molar-refractivity contribution < 1.29 is 14.6 Å². The van der Waals surface area contributed by atoms with Crippen LogP contribution in [0.15, 0.2) is 42.7 Å². The lowest BCUT2D eigenvalue weighted by Gasteiger charge is -2.26. The summed E-state index contributed by atoms with van der Waals surface area (Å²) in [5.41, 5.74) is 11.0. The van der Waals surface area contributed by atoms with Gasteiger partial charge in [0.1, 0.15) is 0 Å². The molecule has 0 atom stereocenters. The number of carboxylic acid groups (broad SMARTS) is 1. The summed E-state index contributed by atoms with van der Waals surface area (Å²) in [6.45, 7) is 6.18. The average molecular weight is 381 g/mol. The van der Waals surface area contributed by atoms with E-state index in [1.165, 1.54) is 0 Å². The molecule has 0 amide bonds. The first kappa shape index (κ1) is 18.4. The summed E-state index contributed by atoms with van der Waals surface area (Å²) in [4.78, 5) is 18.2. The Hall–Kier alpha value is -2.94.